The van der Waals surface area contributed by atoms with Gasteiger partial charge in [0.2, 0.25) is 17.7 Å². The molecule has 7 atom stereocenters. The van der Waals surface area contributed by atoms with Crippen LogP contribution in [0.15, 0.2) is 48.5 Å². The topological polar surface area (TPSA) is 108 Å². The molecule has 3 aliphatic rings. The summed E-state index contributed by atoms with van der Waals surface area (Å²) in [5.74, 6) is -3.04. The van der Waals surface area contributed by atoms with Gasteiger partial charge < -0.3 is 25.4 Å². The van der Waals surface area contributed by atoms with E-state index in [0.717, 1.165) is 5.56 Å². The van der Waals surface area contributed by atoms with Crippen molar-refractivity contribution in [2.45, 2.75) is 64.3 Å². The molecule has 3 heterocycles. The number of carbonyl (C=O) groups is 3. The Morgan fingerprint density at radius 1 is 1.13 bits per heavy atom. The summed E-state index contributed by atoms with van der Waals surface area (Å²) in [4.78, 5) is 43.9. The van der Waals surface area contributed by atoms with Crippen LogP contribution in [0.4, 0.5) is 11.4 Å². The number of rotatable bonds is 7. The third-order valence-electron chi connectivity index (χ3n) is 9.11. The molecule has 3 aliphatic heterocycles. The number of para-hydroxylation sites is 2. The van der Waals surface area contributed by atoms with Crippen LogP contribution >= 0.6 is 11.6 Å². The van der Waals surface area contributed by atoms with Crippen LogP contribution < -0.4 is 10.6 Å². The van der Waals surface area contributed by atoms with Gasteiger partial charge in [-0.3, -0.25) is 14.4 Å². The Balaban J connectivity index is 1.60. The highest BCUT2D eigenvalue weighted by atomic mass is 35.5. The van der Waals surface area contributed by atoms with E-state index in [1.807, 2.05) is 58.9 Å². The Bertz CT molecular complexity index is 1280. The summed E-state index contributed by atoms with van der Waals surface area (Å²) in [7, 11) is 0. The molecule has 39 heavy (non-hydrogen) atoms. The molecule has 5 rings (SSSR count). The van der Waals surface area contributed by atoms with Crippen LogP contribution in [0.1, 0.15) is 39.7 Å². The second kappa shape index (κ2) is 9.91. The maximum Gasteiger partial charge on any atom is 0.250 e. The number of ether oxygens (including phenoxy) is 1. The highest BCUT2D eigenvalue weighted by Crippen LogP contribution is 2.65. The van der Waals surface area contributed by atoms with Crippen molar-refractivity contribution in [1.82, 2.24) is 4.90 Å². The number of fused-ring (bicyclic) bond motifs is 1. The number of nitrogens with zero attached hydrogens (tertiary/aromatic N) is 1. The van der Waals surface area contributed by atoms with Crippen molar-refractivity contribution >= 4 is 40.7 Å². The number of carbonyl (C=O) groups excluding carboxylic acids is 3. The molecule has 3 unspecified atom stereocenters. The van der Waals surface area contributed by atoms with E-state index in [2.05, 4.69) is 10.6 Å². The summed E-state index contributed by atoms with van der Waals surface area (Å²) in [6.45, 7) is 9.19. The Kier molecular flexibility index (Phi) is 7.02. The molecule has 0 radical (unpaired) electrons. The van der Waals surface area contributed by atoms with Gasteiger partial charge in [-0.1, -0.05) is 62.7 Å². The van der Waals surface area contributed by atoms with Crippen molar-refractivity contribution in [2.24, 2.45) is 23.7 Å². The number of halogens is 1. The first kappa shape index (κ1) is 27.6. The highest BCUT2D eigenvalue weighted by Gasteiger charge is 2.80. The molecule has 2 aromatic carbocycles. The first-order chi connectivity index (χ1) is 18.5. The molecule has 0 saturated carbocycles. The number of anilines is 2. The lowest BCUT2D eigenvalue weighted by molar-refractivity contribution is -0.149. The molecule has 3 saturated heterocycles. The smallest absolute Gasteiger partial charge is 0.250 e. The molecule has 1 spiro atoms. The zero-order valence-corrected chi connectivity index (χ0v) is 23.7. The van der Waals surface area contributed by atoms with Crippen LogP contribution in [0, 0.1) is 30.6 Å². The van der Waals surface area contributed by atoms with E-state index in [4.69, 9.17) is 16.3 Å². The summed E-state index contributed by atoms with van der Waals surface area (Å²) in [6, 6.07) is 12.7. The van der Waals surface area contributed by atoms with Crippen LogP contribution in [-0.2, 0) is 19.1 Å². The van der Waals surface area contributed by atoms with Gasteiger partial charge in [-0.05, 0) is 55.9 Å². The van der Waals surface area contributed by atoms with Crippen LogP contribution in [0.2, 0.25) is 5.02 Å². The second-order valence-corrected chi connectivity index (χ2v) is 12.1. The van der Waals surface area contributed by atoms with Crippen LogP contribution in [0.3, 0.4) is 0 Å². The summed E-state index contributed by atoms with van der Waals surface area (Å²) >= 11 is 6.44. The number of benzene rings is 2. The Labute approximate surface area is 234 Å². The maximum atomic E-state index is 14.3. The van der Waals surface area contributed by atoms with E-state index in [1.54, 1.807) is 24.3 Å². The third-order valence-corrected chi connectivity index (χ3v) is 9.42. The molecular formula is C30H36ClN3O5. The number of hydrogen-bond donors (Lipinski definition) is 3. The van der Waals surface area contributed by atoms with Gasteiger partial charge in [0, 0.05) is 5.69 Å². The SMILES string of the molecule is Cc1cccc(Cl)c1NC(=O)C1N([C@@H](CO)C(C)C)C(=O)[C@@H]2[C@@H](C(=O)Nc3ccccc3)[C@]3(C)OC12CC3C. The van der Waals surface area contributed by atoms with Gasteiger partial charge in [0.15, 0.2) is 0 Å². The Morgan fingerprint density at radius 3 is 2.44 bits per heavy atom. The van der Waals surface area contributed by atoms with Crippen molar-refractivity contribution in [3.05, 3.63) is 59.1 Å². The minimum atomic E-state index is -1.23. The highest BCUT2D eigenvalue weighted by molar-refractivity contribution is 6.34. The van der Waals surface area contributed by atoms with E-state index >= 15 is 0 Å². The average Bonchev–Trinajstić information content (AvgIpc) is 3.39. The second-order valence-electron chi connectivity index (χ2n) is 11.7. The number of aliphatic hydroxyl groups excluding tert-OH is 1. The number of amides is 3. The van der Waals surface area contributed by atoms with Gasteiger partial charge in [0.25, 0.3) is 0 Å². The lowest BCUT2D eigenvalue weighted by Gasteiger charge is -2.38. The van der Waals surface area contributed by atoms with Crippen LogP contribution in [0.25, 0.3) is 0 Å². The molecule has 9 heteroatoms. The van der Waals surface area contributed by atoms with Gasteiger partial charge in [-0.15, -0.1) is 0 Å². The third kappa shape index (κ3) is 4.15. The standard InChI is InChI=1S/C30H36ClN3O5/c1-16(2)21(15-35)34-25(27(37)33-24-17(3)10-9-13-20(24)31)30-14-18(4)29(5,39-30)22(23(30)28(34)38)26(36)32-19-11-7-6-8-12-19/h6-13,16,18,21-23,25,35H,14-15H2,1-5H3,(H,32,36)(H,33,37)/t18?,21-,22-,23-,25?,29+,30?/m0/s1. The number of likely N-dealkylation sites (tertiary alicyclic amines) is 1. The summed E-state index contributed by atoms with van der Waals surface area (Å²) in [5.41, 5.74) is -0.314. The first-order valence-electron chi connectivity index (χ1n) is 13.5. The van der Waals surface area contributed by atoms with Gasteiger partial charge in [0.1, 0.15) is 11.6 Å². The predicted octanol–water partition coefficient (Wildman–Crippen LogP) is 4.25. The fourth-order valence-electron chi connectivity index (χ4n) is 7.08. The first-order valence-corrected chi connectivity index (χ1v) is 13.9. The van der Waals surface area contributed by atoms with E-state index in [-0.39, 0.29) is 30.3 Å². The molecule has 2 aromatic rings. The van der Waals surface area contributed by atoms with Crippen molar-refractivity contribution in [3.63, 3.8) is 0 Å². The van der Waals surface area contributed by atoms with E-state index in [1.165, 1.54) is 4.90 Å². The Hall–Kier alpha value is -2.94. The molecule has 3 N–H and O–H groups in total. The average molecular weight is 554 g/mol. The van der Waals surface area contributed by atoms with Gasteiger partial charge >= 0.3 is 0 Å². The normalized spacial score (nSPS) is 31.9. The number of nitrogens with one attached hydrogen (secondary N) is 2. The van der Waals surface area contributed by atoms with Gasteiger partial charge in [-0.25, -0.2) is 0 Å². The Morgan fingerprint density at radius 2 is 1.82 bits per heavy atom. The number of aryl methyl sites for hydroxylation is 1. The fraction of sp³-hybridized carbons (Fsp3) is 0.500. The molecule has 3 amide bonds. The molecule has 8 nitrogen and oxygen atoms in total. The lowest BCUT2D eigenvalue weighted by atomic mass is 9.62. The summed E-state index contributed by atoms with van der Waals surface area (Å²) in [5, 5.41) is 16.7. The van der Waals surface area contributed by atoms with E-state index in [9.17, 15) is 19.5 Å². The number of aliphatic hydroxyl groups is 1. The fourth-order valence-corrected chi connectivity index (χ4v) is 7.35. The van der Waals surface area contributed by atoms with Crippen molar-refractivity contribution in [3.8, 4) is 0 Å². The number of hydrogen-bond acceptors (Lipinski definition) is 5. The molecule has 0 aliphatic carbocycles. The molecule has 3 fully saturated rings. The molecule has 208 valence electrons. The largest absolute Gasteiger partial charge is 0.394 e. The quantitative estimate of drug-likeness (QED) is 0.475. The molecule has 0 aromatic heterocycles. The zero-order valence-electron chi connectivity index (χ0n) is 22.9. The van der Waals surface area contributed by atoms with Gasteiger partial charge in [0.05, 0.1) is 40.8 Å². The van der Waals surface area contributed by atoms with Crippen molar-refractivity contribution in [2.75, 3.05) is 17.2 Å². The van der Waals surface area contributed by atoms with E-state index in [0.29, 0.717) is 22.8 Å². The summed E-state index contributed by atoms with van der Waals surface area (Å²) < 4.78 is 6.76. The molecular weight excluding hydrogens is 518 g/mol. The zero-order chi connectivity index (χ0) is 28.3. The minimum Gasteiger partial charge on any atom is -0.394 e. The molecule has 2 bridgehead atoms. The lowest BCUT2D eigenvalue weighted by Crippen LogP contribution is -2.57. The van der Waals surface area contributed by atoms with Crippen LogP contribution in [0.5, 0.6) is 0 Å². The van der Waals surface area contributed by atoms with Gasteiger partial charge in [-0.2, -0.15) is 0 Å². The summed E-state index contributed by atoms with van der Waals surface area (Å²) in [6.07, 6.45) is 0.432. The maximum absolute atomic E-state index is 14.3. The predicted molar refractivity (Wildman–Crippen MR) is 149 cm³/mol. The minimum absolute atomic E-state index is 0.100. The monoisotopic (exact) mass is 553 g/mol. The van der Waals surface area contributed by atoms with Crippen molar-refractivity contribution in [1.29, 1.82) is 0 Å². The van der Waals surface area contributed by atoms with Crippen molar-refractivity contribution < 1.29 is 24.2 Å². The van der Waals surface area contributed by atoms with Crippen LogP contribution in [-0.4, -0.2) is 57.6 Å². The van der Waals surface area contributed by atoms with E-state index < -0.39 is 41.0 Å².